The first-order valence-electron chi connectivity index (χ1n) is 9.31. The molecule has 0 heterocycles. The minimum absolute atomic E-state index is 0.255. The molecule has 0 fully saturated rings. The lowest BCUT2D eigenvalue weighted by Gasteiger charge is -2.17. The maximum atomic E-state index is 13.0. The van der Waals surface area contributed by atoms with Crippen LogP contribution in [0, 0.1) is 5.82 Å². The molecule has 3 aromatic carbocycles. The SMILES string of the molecule is COc1ccc(Oc2cc(NC(C)C(=O)Nc3ccc(F)cc3)ccc2OC)cc1. The van der Waals surface area contributed by atoms with Gasteiger partial charge in [0.15, 0.2) is 11.5 Å². The van der Waals surface area contributed by atoms with E-state index in [1.54, 1.807) is 63.6 Å². The van der Waals surface area contributed by atoms with Gasteiger partial charge in [-0.3, -0.25) is 4.79 Å². The van der Waals surface area contributed by atoms with Gasteiger partial charge in [0.25, 0.3) is 0 Å². The van der Waals surface area contributed by atoms with Crippen molar-refractivity contribution in [1.82, 2.24) is 0 Å². The van der Waals surface area contributed by atoms with Crippen LogP contribution in [-0.4, -0.2) is 26.2 Å². The van der Waals surface area contributed by atoms with Gasteiger partial charge in [0, 0.05) is 17.4 Å². The van der Waals surface area contributed by atoms with Gasteiger partial charge in [-0.1, -0.05) is 0 Å². The molecule has 0 aliphatic carbocycles. The zero-order valence-corrected chi connectivity index (χ0v) is 16.9. The summed E-state index contributed by atoms with van der Waals surface area (Å²) >= 11 is 0. The zero-order chi connectivity index (χ0) is 21.5. The van der Waals surface area contributed by atoms with E-state index in [9.17, 15) is 9.18 Å². The van der Waals surface area contributed by atoms with Crippen molar-refractivity contribution in [2.45, 2.75) is 13.0 Å². The lowest BCUT2D eigenvalue weighted by molar-refractivity contribution is -0.116. The Morgan fingerprint density at radius 1 is 0.833 bits per heavy atom. The summed E-state index contributed by atoms with van der Waals surface area (Å²) in [6.07, 6.45) is 0. The molecule has 0 spiro atoms. The summed E-state index contributed by atoms with van der Waals surface area (Å²) in [7, 11) is 3.16. The average molecular weight is 410 g/mol. The summed E-state index contributed by atoms with van der Waals surface area (Å²) in [6, 6.07) is 17.5. The van der Waals surface area contributed by atoms with E-state index in [1.807, 2.05) is 0 Å². The molecule has 30 heavy (non-hydrogen) atoms. The minimum Gasteiger partial charge on any atom is -0.497 e. The number of rotatable bonds is 8. The van der Waals surface area contributed by atoms with Gasteiger partial charge >= 0.3 is 0 Å². The molecular weight excluding hydrogens is 387 g/mol. The Bertz CT molecular complexity index is 991. The van der Waals surface area contributed by atoms with Gasteiger partial charge in [-0.25, -0.2) is 4.39 Å². The number of methoxy groups -OCH3 is 2. The average Bonchev–Trinajstić information content (AvgIpc) is 2.76. The summed E-state index contributed by atoms with van der Waals surface area (Å²) in [4.78, 5) is 12.4. The molecule has 0 bridgehead atoms. The number of amides is 1. The van der Waals surface area contributed by atoms with E-state index < -0.39 is 6.04 Å². The molecule has 0 radical (unpaired) electrons. The molecular formula is C23H23FN2O4. The predicted molar refractivity (Wildman–Crippen MR) is 114 cm³/mol. The van der Waals surface area contributed by atoms with Gasteiger partial charge in [0.1, 0.15) is 23.4 Å². The first-order chi connectivity index (χ1) is 14.5. The fraction of sp³-hybridized carbons (Fsp3) is 0.174. The largest absolute Gasteiger partial charge is 0.497 e. The van der Waals surface area contributed by atoms with E-state index in [-0.39, 0.29) is 11.7 Å². The molecule has 0 aromatic heterocycles. The van der Waals surface area contributed by atoms with Gasteiger partial charge in [0.2, 0.25) is 5.91 Å². The van der Waals surface area contributed by atoms with Crippen LogP contribution in [0.4, 0.5) is 15.8 Å². The Labute approximate surface area is 174 Å². The van der Waals surface area contributed by atoms with Crippen molar-refractivity contribution in [1.29, 1.82) is 0 Å². The van der Waals surface area contributed by atoms with E-state index in [4.69, 9.17) is 14.2 Å². The van der Waals surface area contributed by atoms with Crippen LogP contribution in [-0.2, 0) is 4.79 Å². The highest BCUT2D eigenvalue weighted by Crippen LogP contribution is 2.34. The third-order valence-corrected chi connectivity index (χ3v) is 4.34. The van der Waals surface area contributed by atoms with E-state index in [1.165, 1.54) is 24.3 Å². The van der Waals surface area contributed by atoms with Crippen molar-refractivity contribution in [3.63, 3.8) is 0 Å². The third-order valence-electron chi connectivity index (χ3n) is 4.34. The number of ether oxygens (including phenoxy) is 3. The number of halogens is 1. The Balaban J connectivity index is 1.69. The maximum Gasteiger partial charge on any atom is 0.246 e. The molecule has 0 saturated carbocycles. The maximum absolute atomic E-state index is 13.0. The fourth-order valence-corrected chi connectivity index (χ4v) is 2.72. The third kappa shape index (κ3) is 5.41. The Hall–Kier alpha value is -3.74. The number of anilines is 2. The van der Waals surface area contributed by atoms with E-state index in [0.717, 1.165) is 5.75 Å². The molecule has 1 amide bonds. The second-order valence-corrected chi connectivity index (χ2v) is 6.51. The first kappa shape index (κ1) is 21.0. The van der Waals surface area contributed by atoms with Gasteiger partial charge in [-0.05, 0) is 67.6 Å². The molecule has 0 aliphatic heterocycles. The van der Waals surface area contributed by atoms with Crippen LogP contribution >= 0.6 is 0 Å². The topological polar surface area (TPSA) is 68.8 Å². The summed E-state index contributed by atoms with van der Waals surface area (Å²) in [5.41, 5.74) is 1.20. The van der Waals surface area contributed by atoms with Crippen LogP contribution < -0.4 is 24.8 Å². The molecule has 0 aliphatic rings. The van der Waals surface area contributed by atoms with Gasteiger partial charge < -0.3 is 24.8 Å². The standard InChI is InChI=1S/C23H23FN2O4/c1-15(23(27)26-17-6-4-16(24)5-7-17)25-18-8-13-21(29-3)22(14-18)30-20-11-9-19(28-2)10-12-20/h4-15,25H,1-3H3,(H,26,27). The number of carbonyl (C=O) groups is 1. The molecule has 1 unspecified atom stereocenters. The highest BCUT2D eigenvalue weighted by molar-refractivity contribution is 5.96. The molecule has 6 nitrogen and oxygen atoms in total. The van der Waals surface area contributed by atoms with Crippen molar-refractivity contribution in [2.75, 3.05) is 24.9 Å². The number of hydrogen-bond acceptors (Lipinski definition) is 5. The van der Waals surface area contributed by atoms with Gasteiger partial charge in [-0.15, -0.1) is 0 Å². The van der Waals surface area contributed by atoms with Crippen molar-refractivity contribution in [3.8, 4) is 23.0 Å². The van der Waals surface area contributed by atoms with Crippen molar-refractivity contribution in [2.24, 2.45) is 0 Å². The summed E-state index contributed by atoms with van der Waals surface area (Å²) in [5, 5.41) is 5.87. The molecule has 1 atom stereocenters. The normalized spacial score (nSPS) is 11.3. The van der Waals surface area contributed by atoms with E-state index in [0.29, 0.717) is 28.6 Å². The number of nitrogens with one attached hydrogen (secondary N) is 2. The number of benzene rings is 3. The summed E-state index contributed by atoms with van der Waals surface area (Å²) < 4.78 is 29.5. The molecule has 156 valence electrons. The smallest absolute Gasteiger partial charge is 0.246 e. The highest BCUT2D eigenvalue weighted by Gasteiger charge is 2.15. The highest BCUT2D eigenvalue weighted by atomic mass is 19.1. The minimum atomic E-state index is -0.544. The lowest BCUT2D eigenvalue weighted by Crippen LogP contribution is -2.31. The van der Waals surface area contributed by atoms with Crippen LogP contribution in [0.2, 0.25) is 0 Å². The van der Waals surface area contributed by atoms with Crippen LogP contribution in [0.25, 0.3) is 0 Å². The first-order valence-corrected chi connectivity index (χ1v) is 9.31. The van der Waals surface area contributed by atoms with Gasteiger partial charge in [0.05, 0.1) is 14.2 Å². The van der Waals surface area contributed by atoms with E-state index >= 15 is 0 Å². The van der Waals surface area contributed by atoms with Gasteiger partial charge in [-0.2, -0.15) is 0 Å². The molecule has 0 saturated heterocycles. The Morgan fingerprint density at radius 2 is 1.47 bits per heavy atom. The summed E-state index contributed by atoms with van der Waals surface area (Å²) in [5.74, 6) is 1.79. The summed E-state index contributed by atoms with van der Waals surface area (Å²) in [6.45, 7) is 1.73. The monoisotopic (exact) mass is 410 g/mol. The number of hydrogen-bond donors (Lipinski definition) is 2. The van der Waals surface area contributed by atoms with Crippen molar-refractivity contribution >= 4 is 17.3 Å². The Kier molecular flexibility index (Phi) is 6.75. The zero-order valence-electron chi connectivity index (χ0n) is 16.9. The Morgan fingerprint density at radius 3 is 2.10 bits per heavy atom. The molecule has 3 aromatic rings. The predicted octanol–water partition coefficient (Wildman–Crippen LogP) is 5.07. The number of carbonyl (C=O) groups excluding carboxylic acids is 1. The van der Waals surface area contributed by atoms with E-state index in [2.05, 4.69) is 10.6 Å². The molecule has 7 heteroatoms. The van der Waals surface area contributed by atoms with Crippen LogP contribution in [0.3, 0.4) is 0 Å². The molecule has 2 N–H and O–H groups in total. The van der Waals surface area contributed by atoms with Crippen LogP contribution in [0.1, 0.15) is 6.92 Å². The van der Waals surface area contributed by atoms with Crippen molar-refractivity contribution in [3.05, 3.63) is 72.5 Å². The van der Waals surface area contributed by atoms with Crippen LogP contribution in [0.15, 0.2) is 66.7 Å². The quantitative estimate of drug-likeness (QED) is 0.542. The second-order valence-electron chi connectivity index (χ2n) is 6.51. The molecule has 3 rings (SSSR count). The fourth-order valence-electron chi connectivity index (χ4n) is 2.72. The van der Waals surface area contributed by atoms with Crippen LogP contribution in [0.5, 0.6) is 23.0 Å². The lowest BCUT2D eigenvalue weighted by atomic mass is 10.2. The van der Waals surface area contributed by atoms with Crippen molar-refractivity contribution < 1.29 is 23.4 Å². The second kappa shape index (κ2) is 9.65.